The van der Waals surface area contributed by atoms with E-state index in [9.17, 15) is 9.90 Å². The van der Waals surface area contributed by atoms with Gasteiger partial charge in [0.25, 0.3) is 5.56 Å². The van der Waals surface area contributed by atoms with Crippen LogP contribution in [-0.2, 0) is 6.42 Å². The lowest BCUT2D eigenvalue weighted by Crippen LogP contribution is -2.16. The summed E-state index contributed by atoms with van der Waals surface area (Å²) in [5.74, 6) is 0.196. The predicted molar refractivity (Wildman–Crippen MR) is 57.8 cm³/mol. The van der Waals surface area contributed by atoms with E-state index in [1.165, 1.54) is 5.37 Å². The summed E-state index contributed by atoms with van der Waals surface area (Å²) in [6, 6.07) is 0. The normalized spacial score (nSPS) is 10.5. The summed E-state index contributed by atoms with van der Waals surface area (Å²) in [5, 5.41) is 10.6. The molecular weight excluding hydrogens is 200 g/mol. The largest absolute Gasteiger partial charge is 0.493 e. The van der Waals surface area contributed by atoms with Gasteiger partial charge in [-0.15, -0.1) is 0 Å². The lowest BCUT2D eigenvalue weighted by molar-refractivity contribution is 0.433. The van der Waals surface area contributed by atoms with Gasteiger partial charge in [-0.25, -0.2) is 4.98 Å². The topological polar surface area (TPSA) is 66.0 Å². The van der Waals surface area contributed by atoms with Gasteiger partial charge in [0.05, 0.1) is 0 Å². The first-order valence-electron chi connectivity index (χ1n) is 4.32. The molecule has 0 saturated carbocycles. The maximum Gasteiger partial charge on any atom is 0.277 e. The van der Waals surface area contributed by atoms with Crippen molar-refractivity contribution in [3.8, 4) is 5.88 Å². The summed E-state index contributed by atoms with van der Waals surface area (Å²) in [6.07, 6.45) is 0.610. The molecule has 0 unspecified atom stereocenters. The van der Waals surface area contributed by atoms with Gasteiger partial charge in [0.1, 0.15) is 11.4 Å². The summed E-state index contributed by atoms with van der Waals surface area (Å²) in [4.78, 5) is 17.4. The molecule has 0 aliphatic rings. The Kier molecular flexibility index (Phi) is 3.35. The highest BCUT2D eigenvalue weighted by Crippen LogP contribution is 2.13. The number of thiocarbonyl (C=S) groups is 1. The van der Waals surface area contributed by atoms with E-state index in [0.29, 0.717) is 18.0 Å². The Hall–Kier alpha value is -1.23. The Morgan fingerprint density at radius 1 is 1.64 bits per heavy atom. The third kappa shape index (κ3) is 2.38. The molecule has 0 fully saturated rings. The molecule has 1 aromatic rings. The molecule has 1 aromatic heterocycles. The number of nitrogens with zero attached hydrogens (tertiary/aromatic N) is 1. The van der Waals surface area contributed by atoms with Crippen LogP contribution in [0.25, 0.3) is 0 Å². The Balaban J connectivity index is 3.17. The number of hydrogen-bond acceptors (Lipinski definition) is 4. The van der Waals surface area contributed by atoms with Crippen molar-refractivity contribution in [1.29, 1.82) is 0 Å². The number of hydrogen-bond donors (Lipinski definition) is 2. The highest BCUT2D eigenvalue weighted by atomic mass is 32.1. The average Bonchev–Trinajstić information content (AvgIpc) is 2.09. The minimum Gasteiger partial charge on any atom is -0.493 e. The summed E-state index contributed by atoms with van der Waals surface area (Å²) >= 11 is 4.63. The molecule has 2 N–H and O–H groups in total. The minimum absolute atomic E-state index is 0.163. The number of aromatic amines is 1. The number of aromatic hydroxyl groups is 1. The first kappa shape index (κ1) is 10.8. The van der Waals surface area contributed by atoms with Crippen LogP contribution < -0.4 is 5.56 Å². The summed E-state index contributed by atoms with van der Waals surface area (Å²) in [7, 11) is 0. The van der Waals surface area contributed by atoms with Crippen molar-refractivity contribution < 1.29 is 5.11 Å². The van der Waals surface area contributed by atoms with Crippen LogP contribution in [0.5, 0.6) is 5.88 Å². The van der Waals surface area contributed by atoms with E-state index in [4.69, 9.17) is 0 Å². The first-order valence-corrected chi connectivity index (χ1v) is 4.79. The van der Waals surface area contributed by atoms with Crippen LogP contribution in [0.2, 0.25) is 0 Å². The maximum absolute atomic E-state index is 11.1. The van der Waals surface area contributed by atoms with Crippen LogP contribution in [0.1, 0.15) is 25.2 Å². The smallest absolute Gasteiger partial charge is 0.277 e. The standard InChI is InChI=1S/C9H12N2O2S/c1-5(2)3-6-8(12)11-9(13)7(4-14)10-6/h4-5H,3H2,1-2H3,(H2,11,12,13). The molecule has 0 radical (unpaired) electrons. The SMILES string of the molecule is CC(C)Cc1nc(C=S)c(=O)[nH]c1O. The quantitative estimate of drug-likeness (QED) is 0.734. The van der Waals surface area contributed by atoms with Crippen LogP contribution in [0, 0.1) is 5.92 Å². The third-order valence-electron chi connectivity index (χ3n) is 1.71. The molecule has 4 nitrogen and oxygen atoms in total. The molecule has 1 rings (SSSR count). The predicted octanol–water partition coefficient (Wildman–Crippen LogP) is 1.02. The molecule has 0 aliphatic heterocycles. The zero-order chi connectivity index (χ0) is 10.7. The van der Waals surface area contributed by atoms with Crippen molar-refractivity contribution in [2.24, 2.45) is 5.92 Å². The fourth-order valence-corrected chi connectivity index (χ4v) is 1.26. The van der Waals surface area contributed by atoms with Crippen LogP contribution in [-0.4, -0.2) is 20.4 Å². The van der Waals surface area contributed by atoms with Crippen LogP contribution in [0.3, 0.4) is 0 Å². The van der Waals surface area contributed by atoms with Crippen molar-refractivity contribution in [3.63, 3.8) is 0 Å². The van der Waals surface area contributed by atoms with Crippen molar-refractivity contribution in [2.45, 2.75) is 20.3 Å². The Labute approximate surface area is 87.0 Å². The van der Waals surface area contributed by atoms with Gasteiger partial charge in [-0.2, -0.15) is 0 Å². The first-order chi connectivity index (χ1) is 6.54. The van der Waals surface area contributed by atoms with Gasteiger partial charge >= 0.3 is 0 Å². The second-order valence-corrected chi connectivity index (χ2v) is 3.70. The van der Waals surface area contributed by atoms with Crippen molar-refractivity contribution in [3.05, 3.63) is 21.7 Å². The lowest BCUT2D eigenvalue weighted by atomic mass is 10.1. The van der Waals surface area contributed by atoms with Gasteiger partial charge in [0, 0.05) is 5.37 Å². The zero-order valence-electron chi connectivity index (χ0n) is 8.07. The van der Waals surface area contributed by atoms with Crippen molar-refractivity contribution in [1.82, 2.24) is 9.97 Å². The Morgan fingerprint density at radius 3 is 2.79 bits per heavy atom. The van der Waals surface area contributed by atoms with Crippen LogP contribution >= 0.6 is 12.2 Å². The van der Waals surface area contributed by atoms with E-state index >= 15 is 0 Å². The fourth-order valence-electron chi connectivity index (χ4n) is 1.10. The molecule has 1 heterocycles. The highest BCUT2D eigenvalue weighted by molar-refractivity contribution is 7.79. The van der Waals surface area contributed by atoms with E-state index in [1.54, 1.807) is 0 Å². The molecule has 0 aliphatic carbocycles. The monoisotopic (exact) mass is 212 g/mol. The van der Waals surface area contributed by atoms with Gasteiger partial charge in [0.15, 0.2) is 0 Å². The molecule has 0 saturated heterocycles. The zero-order valence-corrected chi connectivity index (χ0v) is 8.89. The fraction of sp³-hybridized carbons (Fsp3) is 0.444. The highest BCUT2D eigenvalue weighted by Gasteiger charge is 2.09. The van der Waals surface area contributed by atoms with Crippen LogP contribution in [0.15, 0.2) is 4.79 Å². The van der Waals surface area contributed by atoms with E-state index in [-0.39, 0.29) is 11.6 Å². The number of aromatic nitrogens is 2. The molecule has 76 valence electrons. The average molecular weight is 212 g/mol. The maximum atomic E-state index is 11.1. The third-order valence-corrected chi connectivity index (χ3v) is 1.93. The second-order valence-electron chi connectivity index (χ2n) is 3.46. The van der Waals surface area contributed by atoms with Crippen LogP contribution in [0.4, 0.5) is 0 Å². The lowest BCUT2D eigenvalue weighted by Gasteiger charge is -2.06. The molecular formula is C9H12N2O2S. The van der Waals surface area contributed by atoms with E-state index < -0.39 is 5.56 Å². The molecule has 0 bridgehead atoms. The molecule has 0 aromatic carbocycles. The van der Waals surface area contributed by atoms with E-state index in [0.717, 1.165) is 0 Å². The minimum atomic E-state index is -0.454. The van der Waals surface area contributed by atoms with Gasteiger partial charge in [-0.3, -0.25) is 9.78 Å². The van der Waals surface area contributed by atoms with Gasteiger partial charge < -0.3 is 5.11 Å². The van der Waals surface area contributed by atoms with Gasteiger partial charge in [0.2, 0.25) is 5.88 Å². The Morgan fingerprint density at radius 2 is 2.29 bits per heavy atom. The van der Waals surface area contributed by atoms with Gasteiger partial charge in [-0.05, 0) is 12.3 Å². The van der Waals surface area contributed by atoms with E-state index in [1.807, 2.05) is 13.8 Å². The second kappa shape index (κ2) is 4.32. The molecule has 5 heteroatoms. The molecule has 0 spiro atoms. The van der Waals surface area contributed by atoms with E-state index in [2.05, 4.69) is 22.2 Å². The number of H-pyrrole nitrogens is 1. The summed E-state index contributed by atoms with van der Waals surface area (Å²) in [6.45, 7) is 4.01. The molecule has 14 heavy (non-hydrogen) atoms. The Bertz CT molecular complexity index is 398. The number of rotatable bonds is 3. The number of nitrogens with one attached hydrogen (secondary N) is 1. The van der Waals surface area contributed by atoms with Gasteiger partial charge in [-0.1, -0.05) is 26.1 Å². The van der Waals surface area contributed by atoms with Crippen molar-refractivity contribution in [2.75, 3.05) is 0 Å². The summed E-state index contributed by atoms with van der Waals surface area (Å²) < 4.78 is 0. The van der Waals surface area contributed by atoms with Crippen molar-refractivity contribution >= 4 is 17.6 Å². The summed E-state index contributed by atoms with van der Waals surface area (Å²) in [5.41, 5.74) is 0.203. The molecule has 0 amide bonds. The molecule has 0 atom stereocenters.